The lowest BCUT2D eigenvalue weighted by Crippen LogP contribution is -2.50. The largest absolute Gasteiger partial charge is 0.356 e. The number of nitrogens with one attached hydrogen (secondary N) is 1. The Morgan fingerprint density at radius 1 is 0.886 bits per heavy atom. The van der Waals surface area contributed by atoms with E-state index < -0.39 is 0 Å². The zero-order valence-corrected chi connectivity index (χ0v) is 21.0. The average Bonchev–Trinajstić information content (AvgIpc) is 2.91. The predicted molar refractivity (Wildman–Crippen MR) is 138 cm³/mol. The van der Waals surface area contributed by atoms with Gasteiger partial charge < -0.3 is 10.2 Å². The van der Waals surface area contributed by atoms with E-state index in [1.54, 1.807) is 0 Å². The first-order valence-corrected chi connectivity index (χ1v) is 13.0. The first kappa shape index (κ1) is 25.3. The molecule has 1 unspecified atom stereocenters. The number of hydrogen-bond acceptors (Lipinski definition) is 5. The zero-order chi connectivity index (χ0) is 24.5. The molecule has 0 aliphatic carbocycles. The molecule has 1 N–H and O–H groups in total. The molecular weight excluding hydrogens is 438 g/mol. The number of hydrogen-bond donors (Lipinski definition) is 1. The van der Waals surface area contributed by atoms with Crippen LogP contribution in [0.1, 0.15) is 42.4 Å². The molecule has 188 valence electrons. The van der Waals surface area contributed by atoms with Crippen molar-refractivity contribution in [1.82, 2.24) is 25.0 Å². The zero-order valence-electron chi connectivity index (χ0n) is 21.0. The van der Waals surface area contributed by atoms with Crippen LogP contribution < -0.4 is 5.32 Å². The van der Waals surface area contributed by atoms with Gasteiger partial charge in [0.2, 0.25) is 11.8 Å². The Bertz CT molecular complexity index is 942. The van der Waals surface area contributed by atoms with Crippen molar-refractivity contribution in [2.45, 2.75) is 45.7 Å². The molecule has 1 aromatic heterocycles. The molecule has 0 radical (unpaired) electrons. The highest BCUT2D eigenvalue weighted by Gasteiger charge is 2.28. The van der Waals surface area contributed by atoms with Crippen LogP contribution in [-0.2, 0) is 22.7 Å². The summed E-state index contributed by atoms with van der Waals surface area (Å²) >= 11 is 0. The first-order chi connectivity index (χ1) is 17.1. The van der Waals surface area contributed by atoms with Crippen molar-refractivity contribution in [3.8, 4) is 0 Å². The van der Waals surface area contributed by atoms with Gasteiger partial charge in [-0.1, -0.05) is 29.8 Å². The fourth-order valence-corrected chi connectivity index (χ4v) is 5.04. The Labute approximate surface area is 209 Å². The van der Waals surface area contributed by atoms with E-state index in [0.717, 1.165) is 71.6 Å². The fourth-order valence-electron chi connectivity index (χ4n) is 5.04. The van der Waals surface area contributed by atoms with Crippen molar-refractivity contribution in [2.75, 3.05) is 45.8 Å². The molecule has 4 rings (SSSR count). The van der Waals surface area contributed by atoms with Crippen LogP contribution in [0.4, 0.5) is 0 Å². The molecule has 2 aliphatic heterocycles. The van der Waals surface area contributed by atoms with E-state index in [-0.39, 0.29) is 17.7 Å². The Kier molecular flexibility index (Phi) is 9.26. The van der Waals surface area contributed by atoms with Gasteiger partial charge >= 0.3 is 0 Å². The summed E-state index contributed by atoms with van der Waals surface area (Å²) in [5, 5.41) is 3.04. The Hall–Kier alpha value is -2.77. The van der Waals surface area contributed by atoms with Gasteiger partial charge in [0.15, 0.2) is 0 Å². The van der Waals surface area contributed by atoms with Crippen LogP contribution in [0.2, 0.25) is 0 Å². The lowest BCUT2D eigenvalue weighted by Gasteiger charge is -2.36. The fraction of sp³-hybridized carbons (Fsp3) is 0.536. The summed E-state index contributed by atoms with van der Waals surface area (Å²) in [4.78, 5) is 36.7. The van der Waals surface area contributed by atoms with Gasteiger partial charge in [0.1, 0.15) is 0 Å². The quantitative estimate of drug-likeness (QED) is 0.717. The van der Waals surface area contributed by atoms with Gasteiger partial charge in [-0.2, -0.15) is 0 Å². The number of pyridine rings is 1. The van der Waals surface area contributed by atoms with Crippen LogP contribution in [0.15, 0.2) is 48.8 Å². The van der Waals surface area contributed by atoms with E-state index in [2.05, 4.69) is 51.3 Å². The van der Waals surface area contributed by atoms with E-state index in [4.69, 9.17) is 0 Å². The number of benzene rings is 1. The number of amides is 2. The lowest BCUT2D eigenvalue weighted by molar-refractivity contribution is -0.138. The molecule has 1 atom stereocenters. The van der Waals surface area contributed by atoms with E-state index in [1.807, 2.05) is 29.4 Å². The summed E-state index contributed by atoms with van der Waals surface area (Å²) in [6, 6.07) is 12.8. The lowest BCUT2D eigenvalue weighted by atomic mass is 9.97. The molecule has 2 fully saturated rings. The number of carbonyl (C=O) groups is 2. The first-order valence-electron chi connectivity index (χ1n) is 13.0. The molecule has 0 bridgehead atoms. The standard InChI is InChI=1S/C28H39N5O2/c1-23-4-6-24(7-5-23)21-32-17-19-33(20-18-32)28(35)26-3-2-15-31(16-11-27(34)30-14-10-26)22-25-8-12-29-13-9-25/h4-9,12-13,26H,2-3,10-11,14-22H2,1H3,(H,30,34). The maximum Gasteiger partial charge on any atom is 0.225 e. The summed E-state index contributed by atoms with van der Waals surface area (Å²) in [6.45, 7) is 9.42. The minimum Gasteiger partial charge on any atom is -0.356 e. The predicted octanol–water partition coefficient (Wildman–Crippen LogP) is 2.84. The molecule has 7 nitrogen and oxygen atoms in total. The van der Waals surface area contributed by atoms with Crippen LogP contribution in [0.3, 0.4) is 0 Å². The third kappa shape index (κ3) is 7.87. The van der Waals surface area contributed by atoms with Gasteiger partial charge in [0.25, 0.3) is 0 Å². The summed E-state index contributed by atoms with van der Waals surface area (Å²) in [6.07, 6.45) is 6.66. The molecule has 0 saturated carbocycles. The van der Waals surface area contributed by atoms with Gasteiger partial charge in [-0.25, -0.2) is 0 Å². The Morgan fingerprint density at radius 3 is 2.26 bits per heavy atom. The van der Waals surface area contributed by atoms with Gasteiger partial charge in [-0.05, 0) is 56.0 Å². The molecule has 3 heterocycles. The van der Waals surface area contributed by atoms with E-state index in [9.17, 15) is 9.59 Å². The average molecular weight is 478 g/mol. The second kappa shape index (κ2) is 12.8. The van der Waals surface area contributed by atoms with E-state index in [1.165, 1.54) is 16.7 Å². The number of carbonyl (C=O) groups excluding carboxylic acids is 2. The molecule has 2 aromatic rings. The van der Waals surface area contributed by atoms with Crippen molar-refractivity contribution in [3.63, 3.8) is 0 Å². The maximum absolute atomic E-state index is 13.4. The minimum absolute atomic E-state index is 0.0279. The topological polar surface area (TPSA) is 68.8 Å². The van der Waals surface area contributed by atoms with Crippen LogP contribution in [0, 0.1) is 12.8 Å². The van der Waals surface area contributed by atoms with Crippen LogP contribution >= 0.6 is 0 Å². The van der Waals surface area contributed by atoms with E-state index >= 15 is 0 Å². The molecule has 2 amide bonds. The Morgan fingerprint density at radius 2 is 1.54 bits per heavy atom. The normalized spacial score (nSPS) is 21.2. The molecule has 1 aromatic carbocycles. The van der Waals surface area contributed by atoms with Crippen molar-refractivity contribution in [2.24, 2.45) is 5.92 Å². The summed E-state index contributed by atoms with van der Waals surface area (Å²) < 4.78 is 0. The molecule has 2 saturated heterocycles. The number of rotatable bonds is 5. The number of nitrogens with zero attached hydrogens (tertiary/aromatic N) is 4. The summed E-state index contributed by atoms with van der Waals surface area (Å²) in [7, 11) is 0. The highest BCUT2D eigenvalue weighted by Crippen LogP contribution is 2.19. The second-order valence-corrected chi connectivity index (χ2v) is 9.95. The highest BCUT2D eigenvalue weighted by molar-refractivity contribution is 5.79. The number of aryl methyl sites for hydroxylation is 1. The highest BCUT2D eigenvalue weighted by atomic mass is 16.2. The van der Waals surface area contributed by atoms with Crippen LogP contribution in [-0.4, -0.2) is 77.3 Å². The Balaban J connectivity index is 1.29. The van der Waals surface area contributed by atoms with E-state index in [0.29, 0.717) is 13.0 Å². The van der Waals surface area contributed by atoms with Gasteiger partial charge in [0.05, 0.1) is 0 Å². The maximum atomic E-state index is 13.4. The summed E-state index contributed by atoms with van der Waals surface area (Å²) in [5.74, 6) is 0.302. The van der Waals surface area contributed by atoms with Gasteiger partial charge in [0, 0.05) is 77.1 Å². The van der Waals surface area contributed by atoms with Crippen molar-refractivity contribution in [1.29, 1.82) is 0 Å². The molecule has 35 heavy (non-hydrogen) atoms. The molecule has 0 spiro atoms. The van der Waals surface area contributed by atoms with Gasteiger partial charge in [-0.15, -0.1) is 0 Å². The van der Waals surface area contributed by atoms with Crippen LogP contribution in [0.25, 0.3) is 0 Å². The third-order valence-corrected chi connectivity index (χ3v) is 7.21. The monoisotopic (exact) mass is 477 g/mol. The van der Waals surface area contributed by atoms with Crippen molar-refractivity contribution in [3.05, 3.63) is 65.5 Å². The smallest absolute Gasteiger partial charge is 0.225 e. The third-order valence-electron chi connectivity index (χ3n) is 7.21. The second-order valence-electron chi connectivity index (χ2n) is 9.95. The number of aromatic nitrogens is 1. The number of piperazine rings is 1. The van der Waals surface area contributed by atoms with Crippen molar-refractivity contribution < 1.29 is 9.59 Å². The summed E-state index contributed by atoms with van der Waals surface area (Å²) in [5.41, 5.74) is 3.81. The SMILES string of the molecule is Cc1ccc(CN2CCN(C(=O)C3CCCN(Cc4ccncc4)CCC(=O)NCC3)CC2)cc1. The minimum atomic E-state index is -0.0279. The molecule has 2 aliphatic rings. The molecule has 7 heteroatoms. The molecular formula is C28H39N5O2. The van der Waals surface area contributed by atoms with Gasteiger partial charge in [-0.3, -0.25) is 24.4 Å². The van der Waals surface area contributed by atoms with Crippen molar-refractivity contribution >= 4 is 11.8 Å². The van der Waals surface area contributed by atoms with Crippen LogP contribution in [0.5, 0.6) is 0 Å².